The van der Waals surface area contributed by atoms with Crippen LogP contribution in [0.2, 0.25) is 5.02 Å². The number of rotatable bonds is 5. The molecule has 0 aliphatic carbocycles. The predicted octanol–water partition coefficient (Wildman–Crippen LogP) is 4.52. The van der Waals surface area contributed by atoms with E-state index in [2.05, 4.69) is 10.6 Å². The quantitative estimate of drug-likeness (QED) is 0.808. The van der Waals surface area contributed by atoms with Crippen LogP contribution in [0.15, 0.2) is 42.5 Å². The fourth-order valence-electron chi connectivity index (χ4n) is 2.31. The molecule has 0 radical (unpaired) electrons. The normalized spacial score (nSPS) is 11.0. The van der Waals surface area contributed by atoms with Crippen molar-refractivity contribution in [3.63, 3.8) is 0 Å². The first-order valence-electron chi connectivity index (χ1n) is 8.36. The summed E-state index contributed by atoms with van der Waals surface area (Å²) in [6.07, 6.45) is 0. The highest BCUT2D eigenvalue weighted by molar-refractivity contribution is 6.31. The largest absolute Gasteiger partial charge is 0.493 e. The van der Waals surface area contributed by atoms with Gasteiger partial charge in [0.1, 0.15) is 5.75 Å². The van der Waals surface area contributed by atoms with Gasteiger partial charge in [-0.05, 0) is 64.1 Å². The molecule has 0 aromatic heterocycles. The lowest BCUT2D eigenvalue weighted by molar-refractivity contribution is 0.0918. The molecule has 2 aromatic carbocycles. The number of ether oxygens (including phenoxy) is 1. The van der Waals surface area contributed by atoms with Gasteiger partial charge in [0, 0.05) is 21.8 Å². The summed E-state index contributed by atoms with van der Waals surface area (Å²) >= 11 is 6.00. The van der Waals surface area contributed by atoms with E-state index in [1.807, 2.05) is 27.7 Å². The molecule has 0 aliphatic rings. The minimum absolute atomic E-state index is 0.202. The molecular formula is C20H23ClN2O3. The van der Waals surface area contributed by atoms with Gasteiger partial charge in [-0.2, -0.15) is 0 Å². The second-order valence-corrected chi connectivity index (χ2v) is 7.25. The molecule has 0 heterocycles. The van der Waals surface area contributed by atoms with Gasteiger partial charge in [0.25, 0.3) is 11.8 Å². The summed E-state index contributed by atoms with van der Waals surface area (Å²) in [6.45, 7) is 8.00. The Hall–Kier alpha value is -2.53. The first-order chi connectivity index (χ1) is 12.2. The van der Waals surface area contributed by atoms with Crippen LogP contribution in [0.5, 0.6) is 5.75 Å². The maximum Gasteiger partial charge on any atom is 0.259 e. The average molecular weight is 375 g/mol. The molecule has 26 heavy (non-hydrogen) atoms. The molecular weight excluding hydrogens is 352 g/mol. The van der Waals surface area contributed by atoms with Gasteiger partial charge in [-0.15, -0.1) is 0 Å². The van der Waals surface area contributed by atoms with Crippen molar-refractivity contribution in [2.75, 3.05) is 11.9 Å². The number of nitrogens with one attached hydrogen (secondary N) is 2. The van der Waals surface area contributed by atoms with Crippen LogP contribution < -0.4 is 15.4 Å². The van der Waals surface area contributed by atoms with Gasteiger partial charge in [0.15, 0.2) is 0 Å². The highest BCUT2D eigenvalue weighted by atomic mass is 35.5. The predicted molar refractivity (Wildman–Crippen MR) is 104 cm³/mol. The molecule has 0 atom stereocenters. The minimum atomic E-state index is -0.357. The molecule has 138 valence electrons. The van der Waals surface area contributed by atoms with E-state index >= 15 is 0 Å². The molecule has 5 nitrogen and oxygen atoms in total. The molecule has 0 spiro atoms. The third-order valence-corrected chi connectivity index (χ3v) is 3.59. The maximum absolute atomic E-state index is 12.6. The van der Waals surface area contributed by atoms with Gasteiger partial charge in [-0.25, -0.2) is 0 Å². The second kappa shape index (κ2) is 8.23. The molecule has 0 unspecified atom stereocenters. The van der Waals surface area contributed by atoms with Gasteiger partial charge >= 0.3 is 0 Å². The van der Waals surface area contributed by atoms with Crippen molar-refractivity contribution in [1.82, 2.24) is 5.32 Å². The highest BCUT2D eigenvalue weighted by Gasteiger charge is 2.17. The Morgan fingerprint density at radius 1 is 1.08 bits per heavy atom. The Morgan fingerprint density at radius 3 is 2.46 bits per heavy atom. The number of hydrogen-bond acceptors (Lipinski definition) is 3. The standard InChI is InChI=1S/C20H23ClN2O3/c1-5-26-17-10-9-14(21)12-16(17)19(25)22-15-8-6-7-13(11-15)18(24)23-20(2,3)4/h6-12H,5H2,1-4H3,(H,22,25)(H,23,24). The SMILES string of the molecule is CCOc1ccc(Cl)cc1C(=O)Nc1cccc(C(=O)NC(C)(C)C)c1. The van der Waals surface area contributed by atoms with Crippen molar-refractivity contribution >= 4 is 29.1 Å². The zero-order valence-corrected chi connectivity index (χ0v) is 16.1. The first kappa shape index (κ1) is 19.8. The molecule has 2 aromatic rings. The van der Waals surface area contributed by atoms with E-state index in [9.17, 15) is 9.59 Å². The summed E-state index contributed by atoms with van der Waals surface area (Å²) in [6, 6.07) is 11.6. The van der Waals surface area contributed by atoms with Crippen molar-refractivity contribution in [2.24, 2.45) is 0 Å². The summed E-state index contributed by atoms with van der Waals surface area (Å²) < 4.78 is 5.48. The fourth-order valence-corrected chi connectivity index (χ4v) is 2.48. The van der Waals surface area contributed by atoms with Crippen LogP contribution in [0.1, 0.15) is 48.4 Å². The minimum Gasteiger partial charge on any atom is -0.493 e. The monoisotopic (exact) mass is 374 g/mol. The molecule has 2 N–H and O–H groups in total. The van der Waals surface area contributed by atoms with Gasteiger partial charge in [-0.3, -0.25) is 9.59 Å². The van der Waals surface area contributed by atoms with Gasteiger partial charge in [0.05, 0.1) is 12.2 Å². The summed E-state index contributed by atoms with van der Waals surface area (Å²) in [7, 11) is 0. The Kier molecular flexibility index (Phi) is 6.27. The van der Waals surface area contributed by atoms with Crippen LogP contribution in [0, 0.1) is 0 Å². The van der Waals surface area contributed by atoms with E-state index in [1.54, 1.807) is 42.5 Å². The first-order valence-corrected chi connectivity index (χ1v) is 8.73. The van der Waals surface area contributed by atoms with Crippen molar-refractivity contribution in [2.45, 2.75) is 33.2 Å². The van der Waals surface area contributed by atoms with Gasteiger partial charge in [-0.1, -0.05) is 17.7 Å². The van der Waals surface area contributed by atoms with Crippen LogP contribution in [0.4, 0.5) is 5.69 Å². The number of halogens is 1. The lowest BCUT2D eigenvalue weighted by atomic mass is 10.1. The topological polar surface area (TPSA) is 67.4 Å². The maximum atomic E-state index is 12.6. The van der Waals surface area contributed by atoms with E-state index in [0.717, 1.165) is 0 Å². The number of carbonyl (C=O) groups excluding carboxylic acids is 2. The number of hydrogen-bond donors (Lipinski definition) is 2. The lowest BCUT2D eigenvalue weighted by Gasteiger charge is -2.20. The molecule has 2 amide bonds. The van der Waals surface area contributed by atoms with E-state index in [1.165, 1.54) is 0 Å². The summed E-state index contributed by atoms with van der Waals surface area (Å²) in [5.74, 6) is -0.105. The molecule has 6 heteroatoms. The van der Waals surface area contributed by atoms with Crippen molar-refractivity contribution in [1.29, 1.82) is 0 Å². The zero-order valence-electron chi connectivity index (χ0n) is 15.4. The van der Waals surface area contributed by atoms with Crippen molar-refractivity contribution in [3.8, 4) is 5.75 Å². The lowest BCUT2D eigenvalue weighted by Crippen LogP contribution is -2.40. The molecule has 2 rings (SSSR count). The van der Waals surface area contributed by atoms with Crippen LogP contribution in [-0.4, -0.2) is 24.0 Å². The molecule has 0 saturated carbocycles. The zero-order chi connectivity index (χ0) is 19.3. The fraction of sp³-hybridized carbons (Fsp3) is 0.300. The summed E-state index contributed by atoms with van der Waals surface area (Å²) in [5, 5.41) is 6.12. The van der Waals surface area contributed by atoms with Crippen LogP contribution in [-0.2, 0) is 0 Å². The third kappa shape index (κ3) is 5.49. The average Bonchev–Trinajstić information content (AvgIpc) is 2.55. The van der Waals surface area contributed by atoms with Crippen molar-refractivity contribution < 1.29 is 14.3 Å². The third-order valence-electron chi connectivity index (χ3n) is 3.36. The summed E-state index contributed by atoms with van der Waals surface area (Å²) in [5.41, 5.74) is 0.973. The van der Waals surface area contributed by atoms with Crippen LogP contribution >= 0.6 is 11.6 Å². The van der Waals surface area contributed by atoms with Gasteiger partial charge < -0.3 is 15.4 Å². The van der Waals surface area contributed by atoms with Crippen LogP contribution in [0.25, 0.3) is 0 Å². The Bertz CT molecular complexity index is 813. The van der Waals surface area contributed by atoms with E-state index in [4.69, 9.17) is 16.3 Å². The number of anilines is 1. The van der Waals surface area contributed by atoms with Crippen LogP contribution in [0.3, 0.4) is 0 Å². The van der Waals surface area contributed by atoms with E-state index in [0.29, 0.717) is 34.2 Å². The number of benzene rings is 2. The molecule has 0 aliphatic heterocycles. The number of carbonyl (C=O) groups is 2. The van der Waals surface area contributed by atoms with Gasteiger partial charge in [0.2, 0.25) is 0 Å². The Balaban J connectivity index is 2.21. The number of amides is 2. The smallest absolute Gasteiger partial charge is 0.259 e. The Labute approximate surface area is 158 Å². The highest BCUT2D eigenvalue weighted by Crippen LogP contribution is 2.24. The summed E-state index contributed by atoms with van der Waals surface area (Å²) in [4.78, 5) is 24.9. The van der Waals surface area contributed by atoms with E-state index < -0.39 is 0 Å². The molecule has 0 bridgehead atoms. The molecule has 0 saturated heterocycles. The molecule has 0 fully saturated rings. The van der Waals surface area contributed by atoms with E-state index in [-0.39, 0.29) is 17.4 Å². The second-order valence-electron chi connectivity index (χ2n) is 6.81. The van der Waals surface area contributed by atoms with Crippen molar-refractivity contribution in [3.05, 3.63) is 58.6 Å². The Morgan fingerprint density at radius 2 is 1.81 bits per heavy atom.